The molecule has 0 aliphatic carbocycles. The molecule has 0 aromatic heterocycles. The summed E-state index contributed by atoms with van der Waals surface area (Å²) in [5, 5.41) is 0. The summed E-state index contributed by atoms with van der Waals surface area (Å²) in [5.74, 6) is 0.746. The van der Waals surface area contributed by atoms with Crippen LogP contribution in [0.2, 0.25) is 0 Å². The lowest BCUT2D eigenvalue weighted by atomic mass is 9.99. The number of rotatable bonds is 2. The van der Waals surface area contributed by atoms with E-state index in [1.807, 2.05) is 11.8 Å². The number of ketones is 1. The third-order valence-corrected chi connectivity index (χ3v) is 7.63. The Kier molecular flexibility index (Phi) is 4.44. The highest BCUT2D eigenvalue weighted by atomic mass is 32.2. The number of halogens is 1. The molecular weight excluding hydrogens is 409 g/mol. The van der Waals surface area contributed by atoms with E-state index >= 15 is 0 Å². The summed E-state index contributed by atoms with van der Waals surface area (Å²) in [4.78, 5) is 14.9. The van der Waals surface area contributed by atoms with Gasteiger partial charge in [0.25, 0.3) is 0 Å². The second-order valence-corrected chi connectivity index (χ2v) is 10.1. The van der Waals surface area contributed by atoms with Gasteiger partial charge in [-0.3, -0.25) is 9.69 Å². The lowest BCUT2D eigenvalue weighted by molar-refractivity contribution is 0.0637. The van der Waals surface area contributed by atoms with Crippen LogP contribution in [-0.4, -0.2) is 43.4 Å². The summed E-state index contributed by atoms with van der Waals surface area (Å²) in [6.45, 7) is 2.62. The van der Waals surface area contributed by atoms with Gasteiger partial charge in [-0.1, -0.05) is 18.2 Å². The Morgan fingerprint density at radius 3 is 2.77 bits per heavy atom. The fourth-order valence-electron chi connectivity index (χ4n) is 4.30. The Bertz CT molecular complexity index is 1200. The number of sulfone groups is 1. The van der Waals surface area contributed by atoms with Crippen LogP contribution in [0.4, 0.5) is 4.39 Å². The first-order valence-corrected chi connectivity index (χ1v) is 11.6. The van der Waals surface area contributed by atoms with Gasteiger partial charge in [-0.15, -0.1) is 0 Å². The van der Waals surface area contributed by atoms with Gasteiger partial charge in [0.15, 0.2) is 15.6 Å². The van der Waals surface area contributed by atoms with Crippen molar-refractivity contribution < 1.29 is 27.1 Å². The Balaban J connectivity index is 1.46. The predicted octanol–water partition coefficient (Wildman–Crippen LogP) is 3.09. The van der Waals surface area contributed by atoms with Crippen LogP contribution in [0, 0.1) is 12.7 Å². The summed E-state index contributed by atoms with van der Waals surface area (Å²) < 4.78 is 49.4. The van der Waals surface area contributed by atoms with Crippen LogP contribution < -0.4 is 9.47 Å². The van der Waals surface area contributed by atoms with Gasteiger partial charge in [-0.2, -0.15) is 0 Å². The lowest BCUT2D eigenvalue weighted by Crippen LogP contribution is -2.41. The normalized spacial score (nSPS) is 23.7. The molecule has 30 heavy (non-hydrogen) atoms. The highest BCUT2D eigenvalue weighted by molar-refractivity contribution is 7.91. The van der Waals surface area contributed by atoms with Crippen LogP contribution in [0.3, 0.4) is 0 Å². The average Bonchev–Trinajstić information content (AvgIpc) is 3.23. The molecule has 0 unspecified atom stereocenters. The summed E-state index contributed by atoms with van der Waals surface area (Å²) in [6, 6.07) is 7.85. The first-order valence-electron chi connectivity index (χ1n) is 9.75. The minimum atomic E-state index is -3.00. The maximum atomic E-state index is 14.0. The average molecular weight is 429 g/mol. The van der Waals surface area contributed by atoms with Crippen molar-refractivity contribution in [2.24, 2.45) is 0 Å². The summed E-state index contributed by atoms with van der Waals surface area (Å²) >= 11 is 0. The number of carbonyl (C=O) groups is 1. The lowest BCUT2D eigenvalue weighted by Gasteiger charge is -2.33. The number of nitrogens with zero attached hydrogens (tertiary/aromatic N) is 1. The Hall–Kier alpha value is -2.71. The SMILES string of the molecule is Cc1c2c(cc3c1OC(=Cc1ccccc1F)C3=O)CN([C@@H]1CCS(=O)(=O)C1)CO2. The molecule has 1 fully saturated rings. The summed E-state index contributed by atoms with van der Waals surface area (Å²) in [5.41, 5.74) is 2.23. The van der Waals surface area contributed by atoms with Crippen LogP contribution in [0.25, 0.3) is 6.08 Å². The van der Waals surface area contributed by atoms with Crippen LogP contribution in [0.5, 0.6) is 11.5 Å². The number of carbonyl (C=O) groups excluding carboxylic acids is 1. The largest absolute Gasteiger partial charge is 0.477 e. The Morgan fingerprint density at radius 1 is 1.23 bits per heavy atom. The second-order valence-electron chi connectivity index (χ2n) is 7.90. The van der Waals surface area contributed by atoms with Crippen molar-refractivity contribution in [2.75, 3.05) is 18.2 Å². The van der Waals surface area contributed by atoms with Crippen molar-refractivity contribution in [1.82, 2.24) is 4.90 Å². The quantitative estimate of drug-likeness (QED) is 0.684. The van der Waals surface area contributed by atoms with Gasteiger partial charge in [0.2, 0.25) is 5.78 Å². The van der Waals surface area contributed by atoms with E-state index in [2.05, 4.69) is 0 Å². The Labute approximate surface area is 173 Å². The van der Waals surface area contributed by atoms with Crippen LogP contribution in [0.1, 0.15) is 33.5 Å². The number of benzene rings is 2. The molecule has 0 amide bonds. The zero-order chi connectivity index (χ0) is 21.0. The monoisotopic (exact) mass is 429 g/mol. The number of Topliss-reactive ketones (excluding diaryl/α,β-unsaturated/α-hetero) is 1. The zero-order valence-electron chi connectivity index (χ0n) is 16.4. The Morgan fingerprint density at radius 2 is 2.03 bits per heavy atom. The molecule has 0 bridgehead atoms. The van der Waals surface area contributed by atoms with Gasteiger partial charge in [-0.05, 0) is 31.6 Å². The molecule has 3 aliphatic rings. The van der Waals surface area contributed by atoms with Gasteiger partial charge in [0.05, 0.1) is 17.1 Å². The van der Waals surface area contributed by atoms with Crippen LogP contribution >= 0.6 is 0 Å². The third-order valence-electron chi connectivity index (χ3n) is 5.88. The van der Waals surface area contributed by atoms with Gasteiger partial charge >= 0.3 is 0 Å². The van der Waals surface area contributed by atoms with Gasteiger partial charge in [0, 0.05) is 29.3 Å². The van der Waals surface area contributed by atoms with Crippen molar-refractivity contribution in [1.29, 1.82) is 0 Å². The fraction of sp³-hybridized carbons (Fsp3) is 0.318. The highest BCUT2D eigenvalue weighted by Crippen LogP contribution is 2.43. The van der Waals surface area contributed by atoms with Crippen molar-refractivity contribution in [3.8, 4) is 11.5 Å². The zero-order valence-corrected chi connectivity index (χ0v) is 17.2. The number of ether oxygens (including phenoxy) is 2. The number of hydrogen-bond donors (Lipinski definition) is 0. The van der Waals surface area contributed by atoms with Crippen LogP contribution in [-0.2, 0) is 16.4 Å². The summed E-state index contributed by atoms with van der Waals surface area (Å²) in [7, 11) is -3.00. The molecular formula is C22H20FNO5S. The number of fused-ring (bicyclic) bond motifs is 2. The van der Waals surface area contributed by atoms with E-state index in [-0.39, 0.29) is 34.7 Å². The van der Waals surface area contributed by atoms with E-state index in [9.17, 15) is 17.6 Å². The number of hydrogen-bond acceptors (Lipinski definition) is 6. The molecule has 0 saturated carbocycles. The first kappa shape index (κ1) is 19.3. The molecule has 8 heteroatoms. The highest BCUT2D eigenvalue weighted by Gasteiger charge is 2.37. The van der Waals surface area contributed by atoms with E-state index in [0.29, 0.717) is 42.3 Å². The molecule has 0 radical (unpaired) electrons. The minimum Gasteiger partial charge on any atom is -0.477 e. The predicted molar refractivity (Wildman–Crippen MR) is 109 cm³/mol. The molecule has 3 heterocycles. The van der Waals surface area contributed by atoms with Crippen molar-refractivity contribution >= 4 is 21.7 Å². The number of allylic oxidation sites excluding steroid dienone is 1. The first-order chi connectivity index (χ1) is 14.3. The molecule has 0 N–H and O–H groups in total. The van der Waals surface area contributed by atoms with E-state index < -0.39 is 15.7 Å². The van der Waals surface area contributed by atoms with E-state index in [0.717, 1.165) is 5.56 Å². The van der Waals surface area contributed by atoms with Gasteiger partial charge in [0.1, 0.15) is 24.0 Å². The smallest absolute Gasteiger partial charge is 0.231 e. The van der Waals surface area contributed by atoms with Gasteiger partial charge in [-0.25, -0.2) is 12.8 Å². The fourth-order valence-corrected chi connectivity index (χ4v) is 6.06. The maximum absolute atomic E-state index is 14.0. The molecule has 156 valence electrons. The molecule has 1 saturated heterocycles. The minimum absolute atomic E-state index is 0.0688. The molecule has 2 aromatic carbocycles. The summed E-state index contributed by atoms with van der Waals surface area (Å²) in [6.07, 6.45) is 2.00. The maximum Gasteiger partial charge on any atom is 0.231 e. The topological polar surface area (TPSA) is 72.9 Å². The van der Waals surface area contributed by atoms with Crippen molar-refractivity contribution in [3.05, 3.63) is 64.2 Å². The third kappa shape index (κ3) is 3.20. The molecule has 2 aromatic rings. The van der Waals surface area contributed by atoms with Crippen LogP contribution in [0.15, 0.2) is 36.1 Å². The second kappa shape index (κ2) is 6.92. The molecule has 1 atom stereocenters. The molecule has 6 nitrogen and oxygen atoms in total. The van der Waals surface area contributed by atoms with E-state index in [1.165, 1.54) is 12.1 Å². The van der Waals surface area contributed by atoms with Gasteiger partial charge < -0.3 is 9.47 Å². The van der Waals surface area contributed by atoms with Crippen molar-refractivity contribution in [2.45, 2.75) is 25.9 Å². The standard InChI is InChI=1S/C22H20FNO5S/c1-13-21-15(10-24(12-28-21)16-6-7-30(26,27)11-16)8-17-20(25)19(29-22(13)17)9-14-4-2-3-5-18(14)23/h2-5,8-9,16H,6-7,10-12H2,1H3/t16-/m1/s1. The van der Waals surface area contributed by atoms with Crippen molar-refractivity contribution in [3.63, 3.8) is 0 Å². The molecule has 3 aliphatic heterocycles. The molecule has 5 rings (SSSR count). The molecule has 0 spiro atoms. The van der Waals surface area contributed by atoms with E-state index in [4.69, 9.17) is 9.47 Å². The van der Waals surface area contributed by atoms with E-state index in [1.54, 1.807) is 24.3 Å².